The molecule has 1 heteroatoms. The number of nitrogens with one attached hydrogen (secondary N) is 1. The van der Waals surface area contributed by atoms with E-state index in [2.05, 4.69) is 76.4 Å². The maximum Gasteiger partial charge on any atom is 0.0562 e. The van der Waals surface area contributed by atoms with Crippen molar-refractivity contribution in [2.24, 2.45) is 11.3 Å². The summed E-state index contributed by atoms with van der Waals surface area (Å²) < 4.78 is 0. The molecule has 1 atom stereocenters. The summed E-state index contributed by atoms with van der Waals surface area (Å²) in [6.45, 7) is 11.5. The van der Waals surface area contributed by atoms with Gasteiger partial charge in [-0.1, -0.05) is 51.2 Å². The van der Waals surface area contributed by atoms with Gasteiger partial charge in [-0.2, -0.15) is 0 Å². The molecule has 2 aliphatic carbocycles. The van der Waals surface area contributed by atoms with Crippen molar-refractivity contribution in [2.75, 3.05) is 0 Å². The lowest BCUT2D eigenvalue weighted by Gasteiger charge is -2.35. The Kier molecular flexibility index (Phi) is 4.27. The fourth-order valence-corrected chi connectivity index (χ4v) is 2.91. The maximum absolute atomic E-state index is 3.71. The molecule has 0 heterocycles. The van der Waals surface area contributed by atoms with Crippen LogP contribution in [0.3, 0.4) is 0 Å². The van der Waals surface area contributed by atoms with Crippen molar-refractivity contribution in [2.45, 2.75) is 59.4 Å². The smallest absolute Gasteiger partial charge is 0.0562 e. The molecular formula is C19H29N. The van der Waals surface area contributed by atoms with Crippen LogP contribution < -0.4 is 5.32 Å². The molecule has 1 nitrogen and oxygen atoms in total. The van der Waals surface area contributed by atoms with Gasteiger partial charge >= 0.3 is 0 Å². The molecule has 0 aromatic carbocycles. The van der Waals surface area contributed by atoms with Crippen molar-refractivity contribution >= 4 is 0 Å². The first-order valence-electron chi connectivity index (χ1n) is 7.82. The fraction of sp³-hybridized carbons (Fsp3) is 0.579. The Bertz CT molecular complexity index is 466. The fourth-order valence-electron chi connectivity index (χ4n) is 2.91. The van der Waals surface area contributed by atoms with E-state index in [-0.39, 0.29) is 5.54 Å². The second-order valence-corrected chi connectivity index (χ2v) is 7.64. The van der Waals surface area contributed by atoms with Crippen LogP contribution in [0.25, 0.3) is 0 Å². The summed E-state index contributed by atoms with van der Waals surface area (Å²) in [5, 5.41) is 3.71. The topological polar surface area (TPSA) is 12.0 Å². The number of hydrogen-bond donors (Lipinski definition) is 1. The van der Waals surface area contributed by atoms with Gasteiger partial charge in [0, 0.05) is 5.70 Å². The predicted molar refractivity (Wildman–Crippen MR) is 88.5 cm³/mol. The SMILES string of the molecule is CC(C)(NC1=CC=CCC1)C1=CCC(C(C)(C)C)C=C1. The van der Waals surface area contributed by atoms with E-state index in [4.69, 9.17) is 0 Å². The van der Waals surface area contributed by atoms with Gasteiger partial charge in [0.05, 0.1) is 5.54 Å². The Morgan fingerprint density at radius 2 is 1.90 bits per heavy atom. The molecule has 0 amide bonds. The van der Waals surface area contributed by atoms with Gasteiger partial charge in [-0.15, -0.1) is 0 Å². The Labute approximate surface area is 124 Å². The van der Waals surface area contributed by atoms with Crippen molar-refractivity contribution in [3.8, 4) is 0 Å². The Morgan fingerprint density at radius 3 is 2.40 bits per heavy atom. The molecule has 20 heavy (non-hydrogen) atoms. The van der Waals surface area contributed by atoms with Gasteiger partial charge in [0.25, 0.3) is 0 Å². The minimum absolute atomic E-state index is 0.0103. The normalized spacial score (nSPS) is 23.4. The summed E-state index contributed by atoms with van der Waals surface area (Å²) in [5.41, 5.74) is 3.13. The highest BCUT2D eigenvalue weighted by atomic mass is 15.0. The standard InChI is InChI=1S/C19H29N/c1-18(2,3)15-11-13-16(14-12-15)19(4,5)20-17-9-7-6-8-10-17/h6-7,9,11,13-15,20H,8,10,12H2,1-5H3. The van der Waals surface area contributed by atoms with Crippen molar-refractivity contribution in [3.05, 3.63) is 47.7 Å². The molecule has 0 fully saturated rings. The quantitative estimate of drug-likeness (QED) is 0.749. The van der Waals surface area contributed by atoms with Crippen LogP contribution in [0, 0.1) is 11.3 Å². The molecular weight excluding hydrogens is 242 g/mol. The van der Waals surface area contributed by atoms with Crippen molar-refractivity contribution < 1.29 is 0 Å². The maximum atomic E-state index is 3.71. The number of hydrogen-bond acceptors (Lipinski definition) is 1. The van der Waals surface area contributed by atoms with Crippen LogP contribution in [0.5, 0.6) is 0 Å². The summed E-state index contributed by atoms with van der Waals surface area (Å²) in [6, 6.07) is 0. The lowest BCUT2D eigenvalue weighted by atomic mass is 9.74. The van der Waals surface area contributed by atoms with Crippen LogP contribution in [0.15, 0.2) is 47.7 Å². The first-order valence-corrected chi connectivity index (χ1v) is 7.82. The zero-order valence-electron chi connectivity index (χ0n) is 13.7. The van der Waals surface area contributed by atoms with Gasteiger partial charge in [-0.3, -0.25) is 0 Å². The summed E-state index contributed by atoms with van der Waals surface area (Å²) in [5.74, 6) is 0.652. The van der Waals surface area contributed by atoms with E-state index in [1.54, 1.807) is 0 Å². The highest BCUT2D eigenvalue weighted by Gasteiger charge is 2.28. The van der Waals surface area contributed by atoms with Gasteiger partial charge < -0.3 is 5.32 Å². The third-order valence-electron chi connectivity index (χ3n) is 4.42. The lowest BCUT2D eigenvalue weighted by Crippen LogP contribution is -2.41. The molecule has 110 valence electrons. The van der Waals surface area contributed by atoms with Crippen LogP contribution in [0.4, 0.5) is 0 Å². The summed E-state index contributed by atoms with van der Waals surface area (Å²) >= 11 is 0. The molecule has 1 N–H and O–H groups in total. The van der Waals surface area contributed by atoms with E-state index in [0.29, 0.717) is 11.3 Å². The molecule has 1 unspecified atom stereocenters. The minimum Gasteiger partial charge on any atom is -0.379 e. The van der Waals surface area contributed by atoms with E-state index >= 15 is 0 Å². The molecule has 0 saturated heterocycles. The van der Waals surface area contributed by atoms with Crippen LogP contribution in [-0.2, 0) is 0 Å². The van der Waals surface area contributed by atoms with E-state index in [1.807, 2.05) is 0 Å². The van der Waals surface area contributed by atoms with Crippen molar-refractivity contribution in [1.29, 1.82) is 0 Å². The van der Waals surface area contributed by atoms with Crippen molar-refractivity contribution in [3.63, 3.8) is 0 Å². The van der Waals surface area contributed by atoms with E-state index in [0.717, 1.165) is 19.3 Å². The molecule has 0 aromatic heterocycles. The molecule has 0 aromatic rings. The predicted octanol–water partition coefficient (Wildman–Crippen LogP) is 5.14. The molecule has 2 aliphatic rings. The first-order chi connectivity index (χ1) is 9.29. The van der Waals surface area contributed by atoms with Crippen LogP contribution >= 0.6 is 0 Å². The monoisotopic (exact) mass is 271 g/mol. The second kappa shape index (κ2) is 5.63. The summed E-state index contributed by atoms with van der Waals surface area (Å²) in [4.78, 5) is 0. The average molecular weight is 271 g/mol. The highest BCUT2D eigenvalue weighted by molar-refractivity contribution is 5.35. The van der Waals surface area contributed by atoms with Gasteiger partial charge in [0.2, 0.25) is 0 Å². The molecule has 0 spiro atoms. The molecule has 0 radical (unpaired) electrons. The zero-order valence-corrected chi connectivity index (χ0v) is 13.7. The van der Waals surface area contributed by atoms with Crippen LogP contribution in [0.1, 0.15) is 53.9 Å². The molecule has 2 rings (SSSR count). The van der Waals surface area contributed by atoms with E-state index < -0.39 is 0 Å². The van der Waals surface area contributed by atoms with Crippen LogP contribution in [0.2, 0.25) is 0 Å². The van der Waals surface area contributed by atoms with E-state index in [1.165, 1.54) is 11.3 Å². The number of allylic oxidation sites excluding steroid dienone is 6. The zero-order chi connectivity index (χ0) is 14.8. The van der Waals surface area contributed by atoms with Gasteiger partial charge in [-0.05, 0) is 56.1 Å². The molecule has 0 saturated carbocycles. The summed E-state index contributed by atoms with van der Waals surface area (Å²) in [7, 11) is 0. The van der Waals surface area contributed by atoms with Crippen molar-refractivity contribution in [1.82, 2.24) is 5.32 Å². The number of rotatable bonds is 3. The third-order valence-corrected chi connectivity index (χ3v) is 4.42. The van der Waals surface area contributed by atoms with Crippen LogP contribution in [-0.4, -0.2) is 5.54 Å². The van der Waals surface area contributed by atoms with Gasteiger partial charge in [0.15, 0.2) is 0 Å². The molecule has 0 aliphatic heterocycles. The largest absolute Gasteiger partial charge is 0.379 e. The first kappa shape index (κ1) is 15.2. The Balaban J connectivity index is 2.04. The second-order valence-electron chi connectivity index (χ2n) is 7.64. The van der Waals surface area contributed by atoms with E-state index in [9.17, 15) is 0 Å². The highest BCUT2D eigenvalue weighted by Crippen LogP contribution is 2.35. The minimum atomic E-state index is 0.0103. The lowest BCUT2D eigenvalue weighted by molar-refractivity contribution is 0.291. The average Bonchev–Trinajstić information content (AvgIpc) is 2.38. The van der Waals surface area contributed by atoms with Gasteiger partial charge in [0.1, 0.15) is 0 Å². The molecule has 0 bridgehead atoms. The summed E-state index contributed by atoms with van der Waals surface area (Å²) in [6.07, 6.45) is 17.2. The third kappa shape index (κ3) is 3.65. The Morgan fingerprint density at radius 1 is 1.15 bits per heavy atom. The van der Waals surface area contributed by atoms with Gasteiger partial charge in [-0.25, -0.2) is 0 Å². The Hall–Kier alpha value is -1.24.